The van der Waals surface area contributed by atoms with Gasteiger partial charge in [-0.2, -0.15) is 0 Å². The van der Waals surface area contributed by atoms with Crippen molar-refractivity contribution in [1.82, 2.24) is 0 Å². The number of hydrogen-bond acceptors (Lipinski definition) is 1. The number of hydrogen-bond donors (Lipinski definition) is 0. The lowest BCUT2D eigenvalue weighted by Crippen LogP contribution is -1.99. The van der Waals surface area contributed by atoms with Crippen LogP contribution in [0.15, 0.2) is 23.3 Å². The molecule has 9 heavy (non-hydrogen) atoms. The van der Waals surface area contributed by atoms with Crippen LogP contribution in [0, 0.1) is 0 Å². The Hall–Kier alpha value is -0.560. The largest absolute Gasteiger partial charge is 0.360 e. The molecule has 1 fully saturated rings. The minimum Gasteiger partial charge on any atom is -0.360 e. The third-order valence-electron chi connectivity index (χ3n) is 2.11. The Morgan fingerprint density at radius 1 is 1.44 bits per heavy atom. The summed E-state index contributed by atoms with van der Waals surface area (Å²) in [5.41, 5.74) is 2.77. The monoisotopic (exact) mass is 122 g/mol. The van der Waals surface area contributed by atoms with Gasteiger partial charge in [-0.25, -0.2) is 0 Å². The molecule has 2 atom stereocenters. The van der Waals surface area contributed by atoms with Gasteiger partial charge in [0.2, 0.25) is 0 Å². The second kappa shape index (κ2) is 1.48. The summed E-state index contributed by atoms with van der Waals surface area (Å²) in [6.07, 6.45) is 5.14. The van der Waals surface area contributed by atoms with Crippen LogP contribution in [0.1, 0.15) is 13.8 Å². The normalized spacial score (nSPS) is 38.9. The zero-order chi connectivity index (χ0) is 6.43. The topological polar surface area (TPSA) is 12.5 Å². The average Bonchev–Trinajstić information content (AvgIpc) is 2.58. The Morgan fingerprint density at radius 2 is 2.22 bits per heavy atom. The maximum atomic E-state index is 5.32. The highest BCUT2D eigenvalue weighted by molar-refractivity contribution is 5.36. The first kappa shape index (κ1) is 5.24. The molecule has 0 amide bonds. The van der Waals surface area contributed by atoms with E-state index in [4.69, 9.17) is 4.74 Å². The lowest BCUT2D eigenvalue weighted by molar-refractivity contribution is 0.408. The van der Waals surface area contributed by atoms with Gasteiger partial charge in [0.1, 0.15) is 12.2 Å². The van der Waals surface area contributed by atoms with Gasteiger partial charge < -0.3 is 4.74 Å². The van der Waals surface area contributed by atoms with E-state index in [0.717, 1.165) is 0 Å². The van der Waals surface area contributed by atoms with Crippen LogP contribution in [0.3, 0.4) is 0 Å². The fourth-order valence-electron chi connectivity index (χ4n) is 1.21. The van der Waals surface area contributed by atoms with Crippen LogP contribution in [-0.2, 0) is 4.74 Å². The summed E-state index contributed by atoms with van der Waals surface area (Å²) >= 11 is 0. The molecule has 2 aliphatic rings. The molecule has 1 nitrogen and oxygen atoms in total. The van der Waals surface area contributed by atoms with Crippen LogP contribution in [0.25, 0.3) is 0 Å². The van der Waals surface area contributed by atoms with Crippen LogP contribution in [0.5, 0.6) is 0 Å². The molecule has 0 bridgehead atoms. The van der Waals surface area contributed by atoms with Crippen molar-refractivity contribution in [2.45, 2.75) is 26.1 Å². The number of ether oxygens (including phenoxy) is 1. The third-order valence-corrected chi connectivity index (χ3v) is 2.11. The van der Waals surface area contributed by atoms with Crippen LogP contribution in [-0.4, -0.2) is 12.2 Å². The Bertz CT molecular complexity index is 201. The SMILES string of the molecule is CC1=C(C)C2OC2C=C1. The Kier molecular flexibility index (Phi) is 0.862. The minimum atomic E-state index is 0.425. The molecule has 2 rings (SSSR count). The van der Waals surface area contributed by atoms with Gasteiger partial charge in [0, 0.05) is 0 Å². The predicted octanol–water partition coefficient (Wildman–Crippen LogP) is 1.66. The van der Waals surface area contributed by atoms with Crippen LogP contribution in [0.4, 0.5) is 0 Å². The summed E-state index contributed by atoms with van der Waals surface area (Å²) in [6.45, 7) is 4.27. The molecule has 0 spiro atoms. The van der Waals surface area contributed by atoms with Crippen molar-refractivity contribution in [2.24, 2.45) is 0 Å². The third kappa shape index (κ3) is 0.648. The molecule has 2 unspecified atom stereocenters. The molecule has 48 valence electrons. The molecule has 0 saturated carbocycles. The van der Waals surface area contributed by atoms with Crippen molar-refractivity contribution < 1.29 is 4.74 Å². The molecular formula is C8H10O. The van der Waals surface area contributed by atoms with E-state index in [-0.39, 0.29) is 0 Å². The number of epoxide rings is 1. The van der Waals surface area contributed by atoms with Gasteiger partial charge in [0.15, 0.2) is 0 Å². The van der Waals surface area contributed by atoms with E-state index in [2.05, 4.69) is 26.0 Å². The summed E-state index contributed by atoms with van der Waals surface area (Å²) < 4.78 is 5.32. The second-order valence-electron chi connectivity index (χ2n) is 2.75. The predicted molar refractivity (Wildman–Crippen MR) is 36.2 cm³/mol. The van der Waals surface area contributed by atoms with Crippen LogP contribution in [0.2, 0.25) is 0 Å². The summed E-state index contributed by atoms with van der Waals surface area (Å²) in [4.78, 5) is 0. The molecule has 1 heterocycles. The van der Waals surface area contributed by atoms with Crippen LogP contribution < -0.4 is 0 Å². The van der Waals surface area contributed by atoms with E-state index in [1.165, 1.54) is 11.1 Å². The summed E-state index contributed by atoms with van der Waals surface area (Å²) in [5, 5.41) is 0. The summed E-state index contributed by atoms with van der Waals surface area (Å²) in [5.74, 6) is 0. The Labute approximate surface area is 55.0 Å². The van der Waals surface area contributed by atoms with Crippen molar-refractivity contribution in [3.8, 4) is 0 Å². The molecule has 0 aromatic rings. The lowest BCUT2D eigenvalue weighted by Gasteiger charge is -2.01. The van der Waals surface area contributed by atoms with Gasteiger partial charge in [-0.1, -0.05) is 12.2 Å². The van der Waals surface area contributed by atoms with Crippen molar-refractivity contribution in [3.63, 3.8) is 0 Å². The Balaban J connectivity index is 2.36. The highest BCUT2D eigenvalue weighted by Crippen LogP contribution is 2.35. The molecule has 0 aromatic carbocycles. The zero-order valence-corrected chi connectivity index (χ0v) is 5.72. The van der Waals surface area contributed by atoms with Gasteiger partial charge in [0.05, 0.1) is 0 Å². The highest BCUT2D eigenvalue weighted by Gasteiger charge is 2.40. The van der Waals surface area contributed by atoms with Gasteiger partial charge in [0.25, 0.3) is 0 Å². The minimum absolute atomic E-state index is 0.425. The summed E-state index contributed by atoms with van der Waals surface area (Å²) in [6, 6.07) is 0. The van der Waals surface area contributed by atoms with Gasteiger partial charge in [-0.3, -0.25) is 0 Å². The molecule has 1 heteroatoms. The number of rotatable bonds is 0. The van der Waals surface area contributed by atoms with E-state index in [1.807, 2.05) is 0 Å². The van der Waals surface area contributed by atoms with E-state index in [1.54, 1.807) is 0 Å². The van der Waals surface area contributed by atoms with Gasteiger partial charge in [-0.15, -0.1) is 0 Å². The van der Waals surface area contributed by atoms with Gasteiger partial charge in [-0.05, 0) is 25.0 Å². The maximum Gasteiger partial charge on any atom is 0.110 e. The van der Waals surface area contributed by atoms with E-state index in [0.29, 0.717) is 12.2 Å². The fraction of sp³-hybridized carbons (Fsp3) is 0.500. The van der Waals surface area contributed by atoms with E-state index in [9.17, 15) is 0 Å². The van der Waals surface area contributed by atoms with Crippen molar-refractivity contribution in [1.29, 1.82) is 0 Å². The first-order valence-corrected chi connectivity index (χ1v) is 3.30. The quantitative estimate of drug-likeness (QED) is 0.445. The fourth-order valence-corrected chi connectivity index (χ4v) is 1.21. The van der Waals surface area contributed by atoms with Crippen molar-refractivity contribution >= 4 is 0 Å². The molecule has 0 N–H and O–H groups in total. The second-order valence-corrected chi connectivity index (χ2v) is 2.75. The number of fused-ring (bicyclic) bond motifs is 1. The first-order chi connectivity index (χ1) is 4.29. The van der Waals surface area contributed by atoms with Crippen molar-refractivity contribution in [2.75, 3.05) is 0 Å². The molecule has 1 aliphatic heterocycles. The van der Waals surface area contributed by atoms with Crippen LogP contribution >= 0.6 is 0 Å². The van der Waals surface area contributed by atoms with Crippen molar-refractivity contribution in [3.05, 3.63) is 23.3 Å². The van der Waals surface area contributed by atoms with E-state index >= 15 is 0 Å². The standard InChI is InChI=1S/C8H10O/c1-5-3-4-7-8(9-7)6(5)2/h3-4,7-8H,1-2H3. The van der Waals surface area contributed by atoms with E-state index < -0.39 is 0 Å². The smallest absolute Gasteiger partial charge is 0.110 e. The first-order valence-electron chi connectivity index (χ1n) is 3.30. The molecule has 0 radical (unpaired) electrons. The highest BCUT2D eigenvalue weighted by atomic mass is 16.6. The lowest BCUT2D eigenvalue weighted by atomic mass is 10.0. The molecule has 0 aromatic heterocycles. The summed E-state index contributed by atoms with van der Waals surface area (Å²) in [7, 11) is 0. The average molecular weight is 122 g/mol. The Morgan fingerprint density at radius 3 is 2.89 bits per heavy atom. The molecule has 1 saturated heterocycles. The van der Waals surface area contributed by atoms with Gasteiger partial charge >= 0.3 is 0 Å². The molecule has 1 aliphatic carbocycles. The maximum absolute atomic E-state index is 5.32. The number of allylic oxidation sites excluding steroid dienone is 2. The molecular weight excluding hydrogens is 112 g/mol. The zero-order valence-electron chi connectivity index (χ0n) is 5.72.